The Morgan fingerprint density at radius 3 is 2.57 bits per heavy atom. The van der Waals surface area contributed by atoms with Crippen molar-refractivity contribution < 1.29 is 14.2 Å². The Balaban J connectivity index is 1.78. The molecule has 0 spiro atoms. The van der Waals surface area contributed by atoms with Gasteiger partial charge in [-0.1, -0.05) is 0 Å². The molecule has 1 aromatic heterocycles. The second kappa shape index (κ2) is 11.2. The number of nitrogens with one attached hydrogen (secondary N) is 2. The van der Waals surface area contributed by atoms with Gasteiger partial charge in [-0.2, -0.15) is 0 Å². The third-order valence-electron chi connectivity index (χ3n) is 4.99. The van der Waals surface area contributed by atoms with E-state index in [0.717, 1.165) is 44.5 Å². The second-order valence-electron chi connectivity index (χ2n) is 7.03. The number of hydrogen-bond donors (Lipinski definition) is 2. The minimum atomic E-state index is 0.244. The average molecular weight is 433 g/mol. The molecule has 0 radical (unpaired) electrons. The average Bonchev–Trinajstić information content (AvgIpc) is 3.20. The van der Waals surface area contributed by atoms with Gasteiger partial charge in [-0.15, -0.1) is 11.3 Å². The van der Waals surface area contributed by atoms with Gasteiger partial charge in [0.15, 0.2) is 17.5 Å². The summed E-state index contributed by atoms with van der Waals surface area (Å²) in [7, 11) is 3.27. The van der Waals surface area contributed by atoms with Crippen LogP contribution < -0.4 is 20.1 Å². The molecule has 0 aliphatic carbocycles. The number of nitrogens with zero attached hydrogens (tertiary/aromatic N) is 2. The number of benzene rings is 1. The summed E-state index contributed by atoms with van der Waals surface area (Å²) < 4.78 is 16.3. The van der Waals surface area contributed by atoms with Crippen molar-refractivity contribution in [2.75, 3.05) is 58.9 Å². The van der Waals surface area contributed by atoms with Gasteiger partial charge in [-0.25, -0.2) is 0 Å². The van der Waals surface area contributed by atoms with Crippen LogP contribution in [0.1, 0.15) is 22.7 Å². The maximum Gasteiger partial charge on any atom is 0.195 e. The largest absolute Gasteiger partial charge is 0.493 e. The lowest BCUT2D eigenvalue weighted by atomic mass is 10.2. The zero-order chi connectivity index (χ0) is 21.3. The molecular weight excluding hydrogens is 400 g/mol. The van der Waals surface area contributed by atoms with Crippen molar-refractivity contribution >= 4 is 23.0 Å². The molecule has 8 heteroatoms. The van der Waals surface area contributed by atoms with Crippen molar-refractivity contribution in [2.24, 2.45) is 4.99 Å². The van der Waals surface area contributed by atoms with E-state index in [1.807, 2.05) is 29.5 Å². The summed E-state index contributed by atoms with van der Waals surface area (Å²) in [5.41, 5.74) is 0.891. The van der Waals surface area contributed by atoms with Crippen LogP contribution >= 0.6 is 11.3 Å². The van der Waals surface area contributed by atoms with E-state index in [9.17, 15) is 0 Å². The minimum Gasteiger partial charge on any atom is -0.493 e. The summed E-state index contributed by atoms with van der Waals surface area (Å²) >= 11 is 1.84. The lowest BCUT2D eigenvalue weighted by Gasteiger charge is -2.33. The smallest absolute Gasteiger partial charge is 0.195 e. The fourth-order valence-electron chi connectivity index (χ4n) is 3.44. The second-order valence-corrected chi connectivity index (χ2v) is 8.35. The molecule has 1 unspecified atom stereocenters. The Bertz CT molecular complexity index is 834. The molecule has 3 rings (SSSR count). The maximum atomic E-state index is 5.55. The van der Waals surface area contributed by atoms with Crippen molar-refractivity contribution in [1.82, 2.24) is 10.2 Å². The maximum absolute atomic E-state index is 5.55. The Hall–Kier alpha value is -2.29. The Kier molecular flexibility index (Phi) is 8.36. The number of aliphatic imine (C=N–C) groups is 1. The molecule has 2 N–H and O–H groups in total. The molecule has 0 amide bonds. The van der Waals surface area contributed by atoms with E-state index >= 15 is 0 Å². The predicted molar refractivity (Wildman–Crippen MR) is 123 cm³/mol. The van der Waals surface area contributed by atoms with Crippen molar-refractivity contribution in [3.05, 3.63) is 40.1 Å². The summed E-state index contributed by atoms with van der Waals surface area (Å²) in [6, 6.07) is 10.4. The molecule has 1 aliphatic rings. The van der Waals surface area contributed by atoms with Crippen LogP contribution in [0.15, 0.2) is 35.3 Å². The highest BCUT2D eigenvalue weighted by molar-refractivity contribution is 7.12. The molecule has 1 atom stereocenters. The molecule has 2 aromatic rings. The van der Waals surface area contributed by atoms with E-state index in [-0.39, 0.29) is 6.04 Å². The topological polar surface area (TPSA) is 67.4 Å². The first-order valence-corrected chi connectivity index (χ1v) is 11.1. The molecule has 1 fully saturated rings. The zero-order valence-corrected chi connectivity index (χ0v) is 19.1. The predicted octanol–water partition coefficient (Wildman–Crippen LogP) is 3.52. The van der Waals surface area contributed by atoms with Crippen LogP contribution in [0.25, 0.3) is 0 Å². The van der Waals surface area contributed by atoms with Gasteiger partial charge in [-0.3, -0.25) is 9.89 Å². The van der Waals surface area contributed by atoms with Gasteiger partial charge in [0.25, 0.3) is 0 Å². The van der Waals surface area contributed by atoms with Gasteiger partial charge in [0, 0.05) is 41.1 Å². The van der Waals surface area contributed by atoms with Crippen LogP contribution in [-0.2, 0) is 4.74 Å². The van der Waals surface area contributed by atoms with Crippen LogP contribution in [0.2, 0.25) is 0 Å². The normalized spacial score (nSPS) is 16.2. The first-order valence-electron chi connectivity index (χ1n) is 10.3. The monoisotopic (exact) mass is 432 g/mol. The van der Waals surface area contributed by atoms with Gasteiger partial charge >= 0.3 is 0 Å². The molecule has 1 aromatic carbocycles. The van der Waals surface area contributed by atoms with E-state index < -0.39 is 0 Å². The van der Waals surface area contributed by atoms with Crippen molar-refractivity contribution in [1.29, 1.82) is 0 Å². The fourth-order valence-corrected chi connectivity index (χ4v) is 4.45. The van der Waals surface area contributed by atoms with Crippen molar-refractivity contribution in [2.45, 2.75) is 19.9 Å². The standard InChI is InChI=1S/C22H32N4O3S/c1-5-23-22(25-17-7-8-19(27-3)20(14-17)28-4)24-15-18(21-9-6-16(2)30-21)26-10-12-29-13-11-26/h6-9,14,18H,5,10-13,15H2,1-4H3,(H2,23,24,25). The highest BCUT2D eigenvalue weighted by Gasteiger charge is 2.24. The number of methoxy groups -OCH3 is 2. The van der Waals surface area contributed by atoms with E-state index in [1.54, 1.807) is 14.2 Å². The molecule has 0 saturated carbocycles. The number of hydrogen-bond acceptors (Lipinski definition) is 6. The van der Waals surface area contributed by atoms with Crippen LogP contribution in [0.4, 0.5) is 5.69 Å². The first-order chi connectivity index (χ1) is 14.6. The zero-order valence-electron chi connectivity index (χ0n) is 18.2. The van der Waals surface area contributed by atoms with Gasteiger partial charge in [0.2, 0.25) is 0 Å². The Morgan fingerprint density at radius 1 is 1.17 bits per heavy atom. The third kappa shape index (κ3) is 5.87. The molecular formula is C22H32N4O3S. The van der Waals surface area contributed by atoms with E-state index in [1.165, 1.54) is 9.75 Å². The Labute approximate surface area is 183 Å². The van der Waals surface area contributed by atoms with Gasteiger partial charge in [0.05, 0.1) is 40.0 Å². The van der Waals surface area contributed by atoms with Crippen LogP contribution in [0.3, 0.4) is 0 Å². The number of morpholine rings is 1. The summed E-state index contributed by atoms with van der Waals surface area (Å²) in [5, 5.41) is 6.72. The van der Waals surface area contributed by atoms with E-state index in [0.29, 0.717) is 18.0 Å². The SMILES string of the molecule is CCNC(=NCC(c1ccc(C)s1)N1CCOCC1)Nc1ccc(OC)c(OC)c1. The Morgan fingerprint density at radius 2 is 1.93 bits per heavy atom. The van der Waals surface area contributed by atoms with Crippen molar-refractivity contribution in [3.8, 4) is 11.5 Å². The summed E-state index contributed by atoms with van der Waals surface area (Å²) in [6.07, 6.45) is 0. The first kappa shape index (κ1) is 22.4. The molecule has 2 heterocycles. The van der Waals surface area contributed by atoms with E-state index in [4.69, 9.17) is 19.2 Å². The molecule has 0 bridgehead atoms. The van der Waals surface area contributed by atoms with Gasteiger partial charge in [-0.05, 0) is 38.1 Å². The fraction of sp³-hybridized carbons (Fsp3) is 0.500. The highest BCUT2D eigenvalue weighted by atomic mass is 32.1. The molecule has 1 saturated heterocycles. The quantitative estimate of drug-likeness (QED) is 0.491. The minimum absolute atomic E-state index is 0.244. The van der Waals surface area contributed by atoms with Crippen molar-refractivity contribution in [3.63, 3.8) is 0 Å². The third-order valence-corrected chi connectivity index (χ3v) is 6.09. The molecule has 164 valence electrons. The number of rotatable bonds is 8. The van der Waals surface area contributed by atoms with Crippen LogP contribution in [0.5, 0.6) is 11.5 Å². The van der Waals surface area contributed by atoms with Gasteiger partial charge < -0.3 is 24.8 Å². The van der Waals surface area contributed by atoms with Gasteiger partial charge in [0.1, 0.15) is 0 Å². The molecule has 7 nitrogen and oxygen atoms in total. The number of aryl methyl sites for hydroxylation is 1. The number of thiophene rings is 1. The molecule has 1 aliphatic heterocycles. The summed E-state index contributed by atoms with van der Waals surface area (Å²) in [4.78, 5) is 10.1. The van der Waals surface area contributed by atoms with Crippen LogP contribution in [-0.4, -0.2) is 64.5 Å². The lowest BCUT2D eigenvalue weighted by Crippen LogP contribution is -2.40. The number of ether oxygens (including phenoxy) is 3. The number of anilines is 1. The molecule has 30 heavy (non-hydrogen) atoms. The summed E-state index contributed by atoms with van der Waals surface area (Å²) in [6.45, 7) is 9.06. The highest BCUT2D eigenvalue weighted by Crippen LogP contribution is 2.30. The summed E-state index contributed by atoms with van der Waals surface area (Å²) in [5.74, 6) is 2.13. The number of guanidine groups is 1. The van der Waals surface area contributed by atoms with E-state index in [2.05, 4.69) is 41.5 Å². The van der Waals surface area contributed by atoms with Crippen LogP contribution in [0, 0.1) is 6.92 Å². The lowest BCUT2D eigenvalue weighted by molar-refractivity contribution is 0.0187.